The van der Waals surface area contributed by atoms with Gasteiger partial charge in [-0.2, -0.15) is 5.10 Å². The van der Waals surface area contributed by atoms with Crippen molar-refractivity contribution in [3.63, 3.8) is 0 Å². The van der Waals surface area contributed by atoms with Crippen LogP contribution in [0.1, 0.15) is 12.5 Å². The van der Waals surface area contributed by atoms with E-state index in [4.69, 9.17) is 4.74 Å². The number of benzene rings is 3. The third-order valence-corrected chi connectivity index (χ3v) is 3.92. The molecule has 2 amide bonds. The Kier molecular flexibility index (Phi) is 5.96. The summed E-state index contributed by atoms with van der Waals surface area (Å²) in [6.45, 7) is 2.33. The summed E-state index contributed by atoms with van der Waals surface area (Å²) in [6.07, 6.45) is 1.42. The number of hydrogen-bond acceptors (Lipinski definition) is 4. The maximum Gasteiger partial charge on any atom is 0.329 e. The second-order valence-corrected chi connectivity index (χ2v) is 5.76. The average Bonchev–Trinajstić information content (AvgIpc) is 2.71. The molecule has 0 unspecified atom stereocenters. The molecule has 0 atom stereocenters. The largest absolute Gasteiger partial charge is 0.493 e. The Labute approximate surface area is 161 Å². The average molecular weight is 379 g/mol. The van der Waals surface area contributed by atoms with Crippen molar-refractivity contribution >= 4 is 34.5 Å². The van der Waals surface area contributed by atoms with Gasteiger partial charge in [0.15, 0.2) is 0 Å². The molecule has 0 bridgehead atoms. The summed E-state index contributed by atoms with van der Waals surface area (Å²) < 4.78 is 19.2. The Hall–Kier alpha value is -3.74. The number of anilines is 1. The number of ether oxygens (including phenoxy) is 1. The highest BCUT2D eigenvalue weighted by Gasteiger charge is 2.15. The number of carbonyl (C=O) groups excluding carboxylic acids is 2. The molecule has 0 aromatic heterocycles. The van der Waals surface area contributed by atoms with Gasteiger partial charge in [-0.3, -0.25) is 9.59 Å². The van der Waals surface area contributed by atoms with E-state index in [1.807, 2.05) is 43.3 Å². The minimum absolute atomic E-state index is 0.0840. The molecule has 0 heterocycles. The molecule has 7 heteroatoms. The standard InChI is InChI=1S/C21H18FN3O3/c1-2-28-19-12-11-14-7-3-4-8-15(14)16(19)13-23-25-21(27)20(26)24-18-10-6-5-9-17(18)22/h3-13H,2H2,1H3,(H,24,26)(H,25,27)/b23-13-. The summed E-state index contributed by atoms with van der Waals surface area (Å²) in [7, 11) is 0. The van der Waals surface area contributed by atoms with E-state index in [1.54, 1.807) is 6.07 Å². The van der Waals surface area contributed by atoms with Gasteiger partial charge in [-0.05, 0) is 35.9 Å². The van der Waals surface area contributed by atoms with Crippen LogP contribution in [-0.2, 0) is 9.59 Å². The van der Waals surface area contributed by atoms with Crippen molar-refractivity contribution in [3.05, 3.63) is 72.0 Å². The van der Waals surface area contributed by atoms with E-state index in [2.05, 4.69) is 15.8 Å². The van der Waals surface area contributed by atoms with Gasteiger partial charge in [0.25, 0.3) is 0 Å². The lowest BCUT2D eigenvalue weighted by molar-refractivity contribution is -0.136. The Balaban J connectivity index is 1.75. The fraction of sp³-hybridized carbons (Fsp3) is 0.0952. The third-order valence-electron chi connectivity index (χ3n) is 3.92. The summed E-state index contributed by atoms with van der Waals surface area (Å²) in [5.74, 6) is -2.07. The van der Waals surface area contributed by atoms with Crippen LogP contribution in [0.3, 0.4) is 0 Å². The molecular formula is C21H18FN3O3. The lowest BCUT2D eigenvalue weighted by Crippen LogP contribution is -2.32. The molecule has 0 saturated carbocycles. The number of nitrogens with zero attached hydrogens (tertiary/aromatic N) is 1. The van der Waals surface area contributed by atoms with Crippen LogP contribution < -0.4 is 15.5 Å². The Morgan fingerprint density at radius 2 is 1.79 bits per heavy atom. The van der Waals surface area contributed by atoms with Crippen molar-refractivity contribution < 1.29 is 18.7 Å². The zero-order chi connectivity index (χ0) is 19.9. The second-order valence-electron chi connectivity index (χ2n) is 5.76. The second kappa shape index (κ2) is 8.77. The van der Waals surface area contributed by atoms with E-state index >= 15 is 0 Å². The number of rotatable bonds is 5. The minimum Gasteiger partial charge on any atom is -0.493 e. The SMILES string of the molecule is CCOc1ccc2ccccc2c1/C=N\NC(=O)C(=O)Nc1ccccc1F. The maximum atomic E-state index is 13.6. The van der Waals surface area contributed by atoms with Crippen LogP contribution in [-0.4, -0.2) is 24.6 Å². The first-order valence-corrected chi connectivity index (χ1v) is 8.63. The fourth-order valence-corrected chi connectivity index (χ4v) is 2.64. The molecule has 142 valence electrons. The van der Waals surface area contributed by atoms with Gasteiger partial charge in [-0.1, -0.05) is 42.5 Å². The molecule has 28 heavy (non-hydrogen) atoms. The summed E-state index contributed by atoms with van der Waals surface area (Å²) in [6, 6.07) is 17.0. The van der Waals surface area contributed by atoms with Crippen molar-refractivity contribution in [2.24, 2.45) is 5.10 Å². The van der Waals surface area contributed by atoms with E-state index in [0.717, 1.165) is 10.8 Å². The van der Waals surface area contributed by atoms with Crippen LogP contribution in [0.5, 0.6) is 5.75 Å². The maximum absolute atomic E-state index is 13.6. The van der Waals surface area contributed by atoms with E-state index in [9.17, 15) is 14.0 Å². The highest BCUT2D eigenvalue weighted by atomic mass is 19.1. The first-order chi connectivity index (χ1) is 13.6. The first kappa shape index (κ1) is 19.0. The topological polar surface area (TPSA) is 79.8 Å². The number of amides is 2. The van der Waals surface area contributed by atoms with Gasteiger partial charge >= 0.3 is 11.8 Å². The number of fused-ring (bicyclic) bond motifs is 1. The third kappa shape index (κ3) is 4.32. The molecule has 6 nitrogen and oxygen atoms in total. The van der Waals surface area contributed by atoms with Crippen LogP contribution in [0.4, 0.5) is 10.1 Å². The van der Waals surface area contributed by atoms with Crippen LogP contribution in [0.2, 0.25) is 0 Å². The van der Waals surface area contributed by atoms with Crippen molar-refractivity contribution in [2.45, 2.75) is 6.92 Å². The van der Waals surface area contributed by atoms with E-state index in [1.165, 1.54) is 24.4 Å². The minimum atomic E-state index is -1.02. The Morgan fingerprint density at radius 1 is 1.04 bits per heavy atom. The number of halogens is 1. The number of nitrogens with one attached hydrogen (secondary N) is 2. The molecule has 3 aromatic carbocycles. The van der Waals surface area contributed by atoms with Gasteiger partial charge in [-0.15, -0.1) is 0 Å². The van der Waals surface area contributed by atoms with Crippen LogP contribution in [0.15, 0.2) is 65.8 Å². The van der Waals surface area contributed by atoms with Gasteiger partial charge in [0.2, 0.25) is 0 Å². The van der Waals surface area contributed by atoms with Crippen LogP contribution >= 0.6 is 0 Å². The smallest absolute Gasteiger partial charge is 0.329 e. The number of carbonyl (C=O) groups is 2. The van der Waals surface area contributed by atoms with E-state index < -0.39 is 17.6 Å². The van der Waals surface area contributed by atoms with Crippen molar-refractivity contribution in [3.8, 4) is 5.75 Å². The quantitative estimate of drug-likeness (QED) is 0.405. The lowest BCUT2D eigenvalue weighted by Gasteiger charge is -2.10. The molecule has 3 aromatic rings. The van der Waals surface area contributed by atoms with Gasteiger partial charge in [0.1, 0.15) is 11.6 Å². The highest BCUT2D eigenvalue weighted by Crippen LogP contribution is 2.26. The normalized spacial score (nSPS) is 10.8. The van der Waals surface area contributed by atoms with Gasteiger partial charge in [0, 0.05) is 5.56 Å². The first-order valence-electron chi connectivity index (χ1n) is 8.63. The van der Waals surface area contributed by atoms with Crippen molar-refractivity contribution in [1.82, 2.24) is 5.43 Å². The predicted octanol–water partition coefficient (Wildman–Crippen LogP) is 3.47. The molecule has 0 saturated heterocycles. The summed E-state index contributed by atoms with van der Waals surface area (Å²) in [5.41, 5.74) is 2.74. The van der Waals surface area contributed by atoms with Gasteiger partial charge in [0.05, 0.1) is 18.5 Å². The van der Waals surface area contributed by atoms with Gasteiger partial charge < -0.3 is 10.1 Å². The molecule has 0 aliphatic rings. The number of hydrogen-bond donors (Lipinski definition) is 2. The zero-order valence-electron chi connectivity index (χ0n) is 15.1. The predicted molar refractivity (Wildman–Crippen MR) is 106 cm³/mol. The van der Waals surface area contributed by atoms with Gasteiger partial charge in [-0.25, -0.2) is 9.82 Å². The molecule has 0 spiro atoms. The molecule has 0 aliphatic heterocycles. The monoisotopic (exact) mass is 379 g/mol. The molecule has 2 N–H and O–H groups in total. The summed E-state index contributed by atoms with van der Waals surface area (Å²) in [4.78, 5) is 23.8. The van der Waals surface area contributed by atoms with Crippen LogP contribution in [0, 0.1) is 5.82 Å². The molecule has 0 aliphatic carbocycles. The van der Waals surface area contributed by atoms with Crippen molar-refractivity contribution in [2.75, 3.05) is 11.9 Å². The molecule has 0 radical (unpaired) electrons. The van der Waals surface area contributed by atoms with E-state index in [-0.39, 0.29) is 5.69 Å². The summed E-state index contributed by atoms with van der Waals surface area (Å²) in [5, 5.41) is 7.93. The Morgan fingerprint density at radius 3 is 2.57 bits per heavy atom. The van der Waals surface area contributed by atoms with Crippen LogP contribution in [0.25, 0.3) is 10.8 Å². The fourth-order valence-electron chi connectivity index (χ4n) is 2.64. The number of para-hydroxylation sites is 1. The molecule has 3 rings (SSSR count). The number of hydrazone groups is 1. The lowest BCUT2D eigenvalue weighted by atomic mass is 10.0. The van der Waals surface area contributed by atoms with Crippen molar-refractivity contribution in [1.29, 1.82) is 0 Å². The molecule has 0 fully saturated rings. The summed E-state index contributed by atoms with van der Waals surface area (Å²) >= 11 is 0. The Bertz CT molecular complexity index is 1050. The zero-order valence-corrected chi connectivity index (χ0v) is 15.1. The molecular weight excluding hydrogens is 361 g/mol. The van der Waals surface area contributed by atoms with E-state index in [0.29, 0.717) is 17.9 Å². The highest BCUT2D eigenvalue weighted by molar-refractivity contribution is 6.39.